The molecule has 8 heteroatoms. The molecule has 138 valence electrons. The van der Waals surface area contributed by atoms with E-state index in [-0.39, 0.29) is 11.9 Å². The Morgan fingerprint density at radius 1 is 1.12 bits per heavy atom. The maximum atomic E-state index is 13.5. The van der Waals surface area contributed by atoms with Gasteiger partial charge < -0.3 is 19.9 Å². The quantitative estimate of drug-likeness (QED) is 0.896. The van der Waals surface area contributed by atoms with Crippen LogP contribution in [0.15, 0.2) is 30.6 Å². The minimum absolute atomic E-state index is 0.204. The number of morpholine rings is 1. The van der Waals surface area contributed by atoms with E-state index in [1.165, 1.54) is 6.07 Å². The van der Waals surface area contributed by atoms with Crippen LogP contribution in [0.1, 0.15) is 12.8 Å². The van der Waals surface area contributed by atoms with Crippen LogP contribution >= 0.6 is 0 Å². The van der Waals surface area contributed by atoms with Crippen molar-refractivity contribution in [1.29, 1.82) is 0 Å². The molecule has 0 bridgehead atoms. The van der Waals surface area contributed by atoms with Gasteiger partial charge in [-0.2, -0.15) is 4.98 Å². The number of anilines is 3. The molecule has 1 aromatic heterocycles. The van der Waals surface area contributed by atoms with E-state index in [1.54, 1.807) is 18.5 Å². The molecule has 0 unspecified atom stereocenters. The predicted molar refractivity (Wildman–Crippen MR) is 98.1 cm³/mol. The zero-order valence-corrected chi connectivity index (χ0v) is 14.6. The Labute approximate surface area is 152 Å². The van der Waals surface area contributed by atoms with Crippen LogP contribution in [0, 0.1) is 5.82 Å². The van der Waals surface area contributed by atoms with Crippen LogP contribution < -0.4 is 15.1 Å². The molecular weight excluding hydrogens is 335 g/mol. The lowest BCUT2D eigenvalue weighted by Gasteiger charge is -2.35. The fourth-order valence-electron chi connectivity index (χ4n) is 3.46. The molecule has 0 amide bonds. The van der Waals surface area contributed by atoms with Crippen LogP contribution in [-0.4, -0.2) is 60.4 Å². The molecule has 0 aliphatic carbocycles. The lowest BCUT2D eigenvalue weighted by Crippen LogP contribution is -2.42. The molecule has 3 heterocycles. The van der Waals surface area contributed by atoms with Gasteiger partial charge in [0.05, 0.1) is 13.2 Å². The maximum Gasteiger partial charge on any atom is 0.230 e. The number of hydrogen-bond acceptors (Lipinski definition) is 7. The summed E-state index contributed by atoms with van der Waals surface area (Å²) in [5.41, 5.74) is 0.918. The Morgan fingerprint density at radius 3 is 2.85 bits per heavy atom. The summed E-state index contributed by atoms with van der Waals surface area (Å²) in [6.45, 7) is 4.69. The van der Waals surface area contributed by atoms with Crippen LogP contribution in [0.2, 0.25) is 0 Å². The minimum Gasteiger partial charge on any atom is -0.378 e. The van der Waals surface area contributed by atoms with Crippen molar-refractivity contribution in [3.05, 3.63) is 36.4 Å². The van der Waals surface area contributed by atoms with Gasteiger partial charge in [0, 0.05) is 37.9 Å². The number of nitrogens with one attached hydrogen (secondary N) is 1. The number of aromatic nitrogens is 3. The van der Waals surface area contributed by atoms with Crippen molar-refractivity contribution in [2.24, 2.45) is 0 Å². The summed E-state index contributed by atoms with van der Waals surface area (Å²) in [6, 6.07) is 6.97. The van der Waals surface area contributed by atoms with E-state index in [9.17, 15) is 4.39 Å². The van der Waals surface area contributed by atoms with Gasteiger partial charge in [0.15, 0.2) is 0 Å². The monoisotopic (exact) mass is 358 g/mol. The zero-order chi connectivity index (χ0) is 17.8. The van der Waals surface area contributed by atoms with Gasteiger partial charge in [-0.3, -0.25) is 0 Å². The maximum absolute atomic E-state index is 13.5. The lowest BCUT2D eigenvalue weighted by atomic mass is 10.1. The Bertz CT molecular complexity index is 739. The average molecular weight is 358 g/mol. The Balaban J connectivity index is 1.42. The number of benzene rings is 1. The molecule has 26 heavy (non-hydrogen) atoms. The van der Waals surface area contributed by atoms with E-state index in [0.29, 0.717) is 25.1 Å². The second-order valence-corrected chi connectivity index (χ2v) is 6.62. The molecule has 4 rings (SSSR count). The van der Waals surface area contributed by atoms with Gasteiger partial charge >= 0.3 is 0 Å². The fourth-order valence-corrected chi connectivity index (χ4v) is 3.46. The van der Waals surface area contributed by atoms with Crippen molar-refractivity contribution in [1.82, 2.24) is 15.0 Å². The summed E-state index contributed by atoms with van der Waals surface area (Å²) in [7, 11) is 0. The normalized spacial score (nSPS) is 20.9. The number of halogens is 1. The van der Waals surface area contributed by atoms with Crippen molar-refractivity contribution in [3.8, 4) is 0 Å². The van der Waals surface area contributed by atoms with Crippen LogP contribution in [-0.2, 0) is 4.74 Å². The first-order chi connectivity index (χ1) is 12.8. The summed E-state index contributed by atoms with van der Waals surface area (Å²) in [5.74, 6) is 1.07. The topological polar surface area (TPSA) is 66.4 Å². The van der Waals surface area contributed by atoms with Gasteiger partial charge in [0.1, 0.15) is 12.1 Å². The molecule has 2 fully saturated rings. The van der Waals surface area contributed by atoms with Gasteiger partial charge in [0.2, 0.25) is 11.9 Å². The Hall–Kier alpha value is -2.48. The molecule has 1 N–H and O–H groups in total. The molecule has 7 nitrogen and oxygen atoms in total. The highest BCUT2D eigenvalue weighted by Crippen LogP contribution is 2.22. The highest BCUT2D eigenvalue weighted by molar-refractivity contribution is 5.48. The molecule has 0 radical (unpaired) electrons. The van der Waals surface area contributed by atoms with E-state index < -0.39 is 0 Å². The van der Waals surface area contributed by atoms with Crippen molar-refractivity contribution in [3.63, 3.8) is 0 Å². The molecule has 2 aromatic rings. The van der Waals surface area contributed by atoms with E-state index in [2.05, 4.69) is 30.1 Å². The summed E-state index contributed by atoms with van der Waals surface area (Å²) >= 11 is 0. The van der Waals surface area contributed by atoms with Crippen molar-refractivity contribution < 1.29 is 9.13 Å². The van der Waals surface area contributed by atoms with Crippen molar-refractivity contribution >= 4 is 17.6 Å². The summed E-state index contributed by atoms with van der Waals surface area (Å²) in [6.07, 6.45) is 3.62. The molecule has 2 aliphatic rings. The standard InChI is InChI=1S/C18H23FN6O/c19-14-3-1-5-16(11-14)25-6-2-4-15(12-25)22-17-20-13-21-18(23-17)24-7-9-26-10-8-24/h1,3,5,11,13,15H,2,4,6-10,12H2,(H,20,21,22,23)/t15-/m1/s1. The minimum atomic E-state index is -0.204. The number of nitrogens with zero attached hydrogens (tertiary/aromatic N) is 5. The highest BCUT2D eigenvalue weighted by atomic mass is 19.1. The van der Waals surface area contributed by atoms with Crippen LogP contribution in [0.25, 0.3) is 0 Å². The Morgan fingerprint density at radius 2 is 2.00 bits per heavy atom. The smallest absolute Gasteiger partial charge is 0.230 e. The predicted octanol–water partition coefficient (Wildman–Crippen LogP) is 1.93. The first-order valence-electron chi connectivity index (χ1n) is 9.07. The summed E-state index contributed by atoms with van der Waals surface area (Å²) in [5, 5.41) is 3.42. The lowest BCUT2D eigenvalue weighted by molar-refractivity contribution is 0.122. The molecule has 2 saturated heterocycles. The third kappa shape index (κ3) is 4.01. The molecule has 1 atom stereocenters. The molecule has 2 aliphatic heterocycles. The van der Waals surface area contributed by atoms with Crippen molar-refractivity contribution in [2.45, 2.75) is 18.9 Å². The van der Waals surface area contributed by atoms with E-state index in [0.717, 1.165) is 44.7 Å². The van der Waals surface area contributed by atoms with Gasteiger partial charge in [0.25, 0.3) is 0 Å². The number of piperidine rings is 1. The molecular formula is C18H23FN6O. The fraction of sp³-hybridized carbons (Fsp3) is 0.500. The highest BCUT2D eigenvalue weighted by Gasteiger charge is 2.22. The van der Waals surface area contributed by atoms with Gasteiger partial charge in [-0.25, -0.2) is 14.4 Å². The second-order valence-electron chi connectivity index (χ2n) is 6.62. The second kappa shape index (κ2) is 7.82. The first kappa shape index (κ1) is 17.0. The number of rotatable bonds is 4. The first-order valence-corrected chi connectivity index (χ1v) is 9.07. The summed E-state index contributed by atoms with van der Waals surface area (Å²) in [4.78, 5) is 17.4. The number of hydrogen-bond donors (Lipinski definition) is 1. The number of ether oxygens (including phenoxy) is 1. The third-order valence-corrected chi connectivity index (χ3v) is 4.78. The SMILES string of the molecule is Fc1cccc(N2CCC[C@@H](Nc3ncnc(N4CCOCC4)n3)C2)c1. The average Bonchev–Trinajstić information content (AvgIpc) is 2.69. The summed E-state index contributed by atoms with van der Waals surface area (Å²) < 4.78 is 18.9. The zero-order valence-electron chi connectivity index (χ0n) is 14.6. The van der Waals surface area contributed by atoms with E-state index >= 15 is 0 Å². The molecule has 1 aromatic carbocycles. The van der Waals surface area contributed by atoms with Crippen molar-refractivity contribution in [2.75, 3.05) is 54.5 Å². The van der Waals surface area contributed by atoms with E-state index in [1.807, 2.05) is 6.07 Å². The van der Waals surface area contributed by atoms with Crippen LogP contribution in [0.4, 0.5) is 22.0 Å². The van der Waals surface area contributed by atoms with Crippen LogP contribution in [0.3, 0.4) is 0 Å². The van der Waals surface area contributed by atoms with E-state index in [4.69, 9.17) is 4.74 Å². The molecule has 0 saturated carbocycles. The third-order valence-electron chi connectivity index (χ3n) is 4.78. The van der Waals surface area contributed by atoms with Gasteiger partial charge in [-0.15, -0.1) is 0 Å². The largest absolute Gasteiger partial charge is 0.378 e. The van der Waals surface area contributed by atoms with Crippen LogP contribution in [0.5, 0.6) is 0 Å². The molecule has 0 spiro atoms. The van der Waals surface area contributed by atoms with Gasteiger partial charge in [-0.05, 0) is 31.0 Å². The van der Waals surface area contributed by atoms with Gasteiger partial charge in [-0.1, -0.05) is 6.07 Å². The Kier molecular flexibility index (Phi) is 5.10.